The summed E-state index contributed by atoms with van der Waals surface area (Å²) in [6, 6.07) is 13.3. The lowest BCUT2D eigenvalue weighted by atomic mass is 9.94. The van der Waals surface area contributed by atoms with Crippen LogP contribution in [0.5, 0.6) is 0 Å². The Morgan fingerprint density at radius 1 is 1.03 bits per heavy atom. The molecule has 2 aromatic carbocycles. The summed E-state index contributed by atoms with van der Waals surface area (Å²) in [5, 5.41) is 22.7. The van der Waals surface area contributed by atoms with Crippen molar-refractivity contribution in [2.24, 2.45) is 5.92 Å². The van der Waals surface area contributed by atoms with E-state index >= 15 is 0 Å². The van der Waals surface area contributed by atoms with E-state index in [1.54, 1.807) is 48.7 Å². The van der Waals surface area contributed by atoms with Crippen molar-refractivity contribution in [2.45, 2.75) is 18.9 Å². The molecule has 1 aromatic heterocycles. The lowest BCUT2D eigenvalue weighted by Gasteiger charge is -2.34. The largest absolute Gasteiger partial charge is 0.481 e. The number of rotatable bonds is 6. The number of hydrogen-bond acceptors (Lipinski definition) is 4. The minimum atomic E-state index is -0.976. The molecular formula is C23H23N3O5. The summed E-state index contributed by atoms with van der Waals surface area (Å²) in [6.45, 7) is 0.817. The average Bonchev–Trinajstić information content (AvgIpc) is 3.17. The second-order valence-corrected chi connectivity index (χ2v) is 7.71. The zero-order valence-electron chi connectivity index (χ0n) is 16.7. The first-order chi connectivity index (χ1) is 14.9. The van der Waals surface area contributed by atoms with Crippen molar-refractivity contribution >= 4 is 34.4 Å². The molecule has 0 saturated carbocycles. The molecule has 0 aliphatic carbocycles. The third kappa shape index (κ3) is 4.29. The number of aromatic amines is 1. The molecule has 1 atom stereocenters. The minimum Gasteiger partial charge on any atom is -0.481 e. The molecular weight excluding hydrogens is 398 g/mol. The topological polar surface area (TPSA) is 123 Å². The number of hydrogen-bond donors (Lipinski definition) is 4. The van der Waals surface area contributed by atoms with Crippen LogP contribution in [0.3, 0.4) is 0 Å². The van der Waals surface area contributed by atoms with Crippen molar-refractivity contribution in [1.82, 2.24) is 9.88 Å². The van der Waals surface area contributed by atoms with Crippen molar-refractivity contribution in [3.05, 3.63) is 65.9 Å². The van der Waals surface area contributed by atoms with Crippen LogP contribution in [0.2, 0.25) is 0 Å². The van der Waals surface area contributed by atoms with Gasteiger partial charge in [0.25, 0.3) is 5.91 Å². The fourth-order valence-electron chi connectivity index (χ4n) is 4.14. The number of likely N-dealkylation sites (tertiary alicyclic amines) is 1. The molecule has 1 saturated heterocycles. The summed E-state index contributed by atoms with van der Waals surface area (Å²) < 4.78 is 0. The van der Waals surface area contributed by atoms with Crippen molar-refractivity contribution in [1.29, 1.82) is 0 Å². The first-order valence-corrected chi connectivity index (χ1v) is 10.1. The van der Waals surface area contributed by atoms with E-state index in [9.17, 15) is 24.6 Å². The van der Waals surface area contributed by atoms with Crippen molar-refractivity contribution in [3.63, 3.8) is 0 Å². The molecule has 0 radical (unpaired) electrons. The van der Waals surface area contributed by atoms with E-state index in [0.717, 1.165) is 5.39 Å². The van der Waals surface area contributed by atoms with Crippen LogP contribution in [0.15, 0.2) is 54.7 Å². The van der Waals surface area contributed by atoms with E-state index in [-0.39, 0.29) is 5.91 Å². The second-order valence-electron chi connectivity index (χ2n) is 7.71. The number of carboxylic acid groups (broad SMARTS) is 2. The van der Waals surface area contributed by atoms with E-state index in [2.05, 4.69) is 10.3 Å². The van der Waals surface area contributed by atoms with Gasteiger partial charge < -0.3 is 20.5 Å². The summed E-state index contributed by atoms with van der Waals surface area (Å²) in [5.41, 5.74) is 2.49. The maximum absolute atomic E-state index is 12.4. The first kappa shape index (κ1) is 20.6. The van der Waals surface area contributed by atoms with E-state index in [1.807, 2.05) is 11.0 Å². The quantitative estimate of drug-likeness (QED) is 0.484. The van der Waals surface area contributed by atoms with E-state index in [4.69, 9.17) is 0 Å². The molecule has 3 aromatic rings. The standard InChI is InChI=1S/C23H23N3O5/c27-21(14-4-2-1-3-5-14)25-16-6-7-17-18(13-24-19(17)12-16)20(23(30)31)26-10-8-15(9-11-26)22(28)29/h1-7,12-13,15,20,24H,8-11H2,(H,25,27)(H,28,29)(H,30,31). The number of aromatic nitrogens is 1. The number of H-pyrrole nitrogens is 1. The van der Waals surface area contributed by atoms with Crippen LogP contribution < -0.4 is 5.32 Å². The van der Waals surface area contributed by atoms with Crippen LogP contribution >= 0.6 is 0 Å². The van der Waals surface area contributed by atoms with Crippen LogP contribution in [-0.2, 0) is 9.59 Å². The summed E-state index contributed by atoms with van der Waals surface area (Å²) in [4.78, 5) is 40.6. The first-order valence-electron chi connectivity index (χ1n) is 10.1. The fourth-order valence-corrected chi connectivity index (χ4v) is 4.14. The monoisotopic (exact) mass is 421 g/mol. The normalized spacial score (nSPS) is 16.1. The number of aliphatic carboxylic acids is 2. The van der Waals surface area contributed by atoms with Gasteiger partial charge in [-0.1, -0.05) is 24.3 Å². The fraction of sp³-hybridized carbons (Fsp3) is 0.261. The third-order valence-corrected chi connectivity index (χ3v) is 5.78. The molecule has 4 rings (SSSR count). The molecule has 1 unspecified atom stereocenters. The van der Waals surface area contributed by atoms with Gasteiger partial charge in [-0.2, -0.15) is 0 Å². The van der Waals surface area contributed by atoms with Gasteiger partial charge in [-0.3, -0.25) is 19.3 Å². The zero-order valence-corrected chi connectivity index (χ0v) is 16.7. The Balaban J connectivity index is 1.56. The highest BCUT2D eigenvalue weighted by Crippen LogP contribution is 2.33. The van der Waals surface area contributed by atoms with Gasteiger partial charge in [-0.05, 0) is 37.1 Å². The predicted molar refractivity (Wildman–Crippen MR) is 115 cm³/mol. The average molecular weight is 421 g/mol. The SMILES string of the molecule is O=C(Nc1ccc2c(C(C(=O)O)N3CCC(C(=O)O)CC3)c[nH]c2c1)c1ccccc1. The van der Waals surface area contributed by atoms with Crippen LogP contribution in [0.1, 0.15) is 34.8 Å². The van der Waals surface area contributed by atoms with Gasteiger partial charge in [0, 0.05) is 47.0 Å². The molecule has 0 bridgehead atoms. The number of fused-ring (bicyclic) bond motifs is 1. The van der Waals surface area contributed by atoms with E-state index in [0.29, 0.717) is 48.3 Å². The minimum absolute atomic E-state index is 0.226. The number of nitrogens with one attached hydrogen (secondary N) is 2. The summed E-state index contributed by atoms with van der Waals surface area (Å²) in [6.07, 6.45) is 2.53. The lowest BCUT2D eigenvalue weighted by molar-refractivity contribution is -0.146. The van der Waals surface area contributed by atoms with Gasteiger partial charge in [-0.25, -0.2) is 0 Å². The highest BCUT2D eigenvalue weighted by atomic mass is 16.4. The van der Waals surface area contributed by atoms with Gasteiger partial charge in [0.05, 0.1) is 5.92 Å². The number of carbonyl (C=O) groups excluding carboxylic acids is 1. The maximum Gasteiger partial charge on any atom is 0.325 e. The highest BCUT2D eigenvalue weighted by molar-refractivity contribution is 6.05. The number of carbonyl (C=O) groups is 3. The van der Waals surface area contributed by atoms with Gasteiger partial charge in [0.2, 0.25) is 0 Å². The van der Waals surface area contributed by atoms with Crippen LogP contribution in [0, 0.1) is 5.92 Å². The van der Waals surface area contributed by atoms with Crippen molar-refractivity contribution < 1.29 is 24.6 Å². The Hall–Kier alpha value is -3.65. The molecule has 2 heterocycles. The Bertz CT molecular complexity index is 1120. The summed E-state index contributed by atoms with van der Waals surface area (Å²) in [5.74, 6) is -2.46. The number of piperidine rings is 1. The van der Waals surface area contributed by atoms with Gasteiger partial charge in [0.15, 0.2) is 0 Å². The van der Waals surface area contributed by atoms with Crippen LogP contribution in [0.4, 0.5) is 5.69 Å². The smallest absolute Gasteiger partial charge is 0.325 e. The molecule has 1 amide bonds. The van der Waals surface area contributed by atoms with Gasteiger partial charge in [0.1, 0.15) is 6.04 Å². The Morgan fingerprint density at radius 3 is 2.39 bits per heavy atom. The molecule has 8 heteroatoms. The predicted octanol–water partition coefficient (Wildman–Crippen LogP) is 3.34. The molecule has 0 spiro atoms. The van der Waals surface area contributed by atoms with E-state index in [1.165, 1.54) is 0 Å². The summed E-state index contributed by atoms with van der Waals surface area (Å²) >= 11 is 0. The second kappa shape index (κ2) is 8.61. The highest BCUT2D eigenvalue weighted by Gasteiger charge is 2.34. The molecule has 1 aliphatic rings. The van der Waals surface area contributed by atoms with Crippen LogP contribution in [0.25, 0.3) is 10.9 Å². The molecule has 160 valence electrons. The molecule has 8 nitrogen and oxygen atoms in total. The Kier molecular flexibility index (Phi) is 5.73. The molecule has 31 heavy (non-hydrogen) atoms. The zero-order chi connectivity index (χ0) is 22.0. The molecule has 1 aliphatic heterocycles. The number of benzene rings is 2. The van der Waals surface area contributed by atoms with E-state index < -0.39 is 23.9 Å². The van der Waals surface area contributed by atoms with Crippen molar-refractivity contribution in [2.75, 3.05) is 18.4 Å². The Labute approximate surface area is 178 Å². The Morgan fingerprint density at radius 2 is 1.74 bits per heavy atom. The lowest BCUT2D eigenvalue weighted by Crippen LogP contribution is -2.41. The summed E-state index contributed by atoms with van der Waals surface area (Å²) in [7, 11) is 0. The number of nitrogens with zero attached hydrogens (tertiary/aromatic N) is 1. The van der Waals surface area contributed by atoms with Gasteiger partial charge >= 0.3 is 11.9 Å². The number of amides is 1. The molecule has 1 fully saturated rings. The van der Waals surface area contributed by atoms with Crippen LogP contribution in [-0.4, -0.2) is 51.0 Å². The number of anilines is 1. The maximum atomic E-state index is 12.4. The molecule has 4 N–H and O–H groups in total. The number of carboxylic acids is 2. The van der Waals surface area contributed by atoms with Crippen molar-refractivity contribution in [3.8, 4) is 0 Å². The third-order valence-electron chi connectivity index (χ3n) is 5.78. The van der Waals surface area contributed by atoms with Gasteiger partial charge in [-0.15, -0.1) is 0 Å².